The van der Waals surface area contributed by atoms with Crippen molar-refractivity contribution < 1.29 is 0 Å². The van der Waals surface area contributed by atoms with Gasteiger partial charge in [-0.2, -0.15) is 0 Å². The zero-order valence-electron chi connectivity index (χ0n) is 12.4. The Balaban J connectivity index is 2.01. The first kappa shape index (κ1) is 12.4. The van der Waals surface area contributed by atoms with E-state index in [0.717, 1.165) is 18.5 Å². The zero-order valence-corrected chi connectivity index (χ0v) is 12.4. The molecule has 0 bridgehead atoms. The second-order valence-electron chi connectivity index (χ2n) is 5.73. The lowest BCUT2D eigenvalue weighted by Crippen LogP contribution is -2.14. The number of hydrogen-bond acceptors (Lipinski definition) is 2. The molecule has 2 heteroatoms. The van der Waals surface area contributed by atoms with Gasteiger partial charge >= 0.3 is 0 Å². The third-order valence-corrected chi connectivity index (χ3v) is 4.43. The molecule has 0 N–H and O–H groups in total. The average molecular weight is 274 g/mol. The minimum absolute atomic E-state index is 1.04. The largest absolute Gasteiger partial charge is 0.340 e. The van der Waals surface area contributed by atoms with E-state index in [-0.39, 0.29) is 0 Å². The molecule has 4 rings (SSSR count). The van der Waals surface area contributed by atoms with Gasteiger partial charge in [0, 0.05) is 23.3 Å². The highest BCUT2D eigenvalue weighted by molar-refractivity contribution is 5.97. The molecule has 2 aromatic carbocycles. The van der Waals surface area contributed by atoms with Gasteiger partial charge in [-0.3, -0.25) is 4.98 Å². The molecule has 104 valence electrons. The van der Waals surface area contributed by atoms with E-state index >= 15 is 0 Å². The number of nitrogens with zero attached hydrogens (tertiary/aromatic N) is 2. The molecule has 3 aromatic rings. The predicted octanol–water partition coefficient (Wildman–Crippen LogP) is 4.55. The van der Waals surface area contributed by atoms with Crippen molar-refractivity contribution in [2.45, 2.75) is 20.3 Å². The molecule has 0 saturated heterocycles. The molecule has 2 heterocycles. The molecule has 0 radical (unpaired) electrons. The van der Waals surface area contributed by atoms with Crippen molar-refractivity contribution in [3.05, 3.63) is 65.4 Å². The molecule has 0 amide bonds. The van der Waals surface area contributed by atoms with Crippen LogP contribution in [0.15, 0.2) is 48.5 Å². The molecule has 1 aromatic heterocycles. The molecule has 0 saturated carbocycles. The van der Waals surface area contributed by atoms with Crippen LogP contribution < -0.4 is 4.90 Å². The van der Waals surface area contributed by atoms with Gasteiger partial charge in [0.2, 0.25) is 0 Å². The third kappa shape index (κ3) is 1.83. The maximum atomic E-state index is 4.77. The van der Waals surface area contributed by atoms with Gasteiger partial charge in [0.1, 0.15) is 0 Å². The number of aromatic nitrogens is 1. The van der Waals surface area contributed by atoms with Crippen LogP contribution in [0, 0.1) is 13.8 Å². The van der Waals surface area contributed by atoms with Crippen LogP contribution in [0.4, 0.5) is 11.4 Å². The maximum absolute atomic E-state index is 4.77. The lowest BCUT2D eigenvalue weighted by atomic mass is 10.1. The van der Waals surface area contributed by atoms with Crippen molar-refractivity contribution in [2.75, 3.05) is 11.4 Å². The molecule has 0 fully saturated rings. The van der Waals surface area contributed by atoms with E-state index in [1.807, 2.05) is 0 Å². The summed E-state index contributed by atoms with van der Waals surface area (Å²) in [5, 5.41) is 1.26. The van der Waals surface area contributed by atoms with E-state index in [9.17, 15) is 0 Å². The first-order valence-corrected chi connectivity index (χ1v) is 7.47. The van der Waals surface area contributed by atoms with Gasteiger partial charge in [-0.25, -0.2) is 0 Å². The highest BCUT2D eigenvalue weighted by atomic mass is 15.2. The minimum atomic E-state index is 1.04. The fraction of sp³-hybridized carbons (Fsp3) is 0.211. The summed E-state index contributed by atoms with van der Waals surface area (Å²) in [7, 11) is 0. The Morgan fingerprint density at radius 2 is 1.71 bits per heavy atom. The van der Waals surface area contributed by atoms with Crippen molar-refractivity contribution >= 4 is 22.3 Å². The normalized spacial score (nSPS) is 13.7. The highest BCUT2D eigenvalue weighted by Gasteiger charge is 2.26. The van der Waals surface area contributed by atoms with Crippen LogP contribution in [-0.2, 0) is 6.42 Å². The molecular weight excluding hydrogens is 256 g/mol. The van der Waals surface area contributed by atoms with Crippen LogP contribution in [0.2, 0.25) is 0 Å². The molecule has 1 aliphatic rings. The Kier molecular flexibility index (Phi) is 2.71. The summed E-state index contributed by atoms with van der Waals surface area (Å²) < 4.78 is 0. The molecule has 21 heavy (non-hydrogen) atoms. The van der Waals surface area contributed by atoms with Gasteiger partial charge < -0.3 is 4.90 Å². The number of pyridine rings is 1. The Morgan fingerprint density at radius 3 is 2.57 bits per heavy atom. The van der Waals surface area contributed by atoms with Crippen molar-refractivity contribution in [3.8, 4) is 0 Å². The first-order valence-electron chi connectivity index (χ1n) is 7.47. The second-order valence-corrected chi connectivity index (χ2v) is 5.73. The molecular formula is C19H18N2. The van der Waals surface area contributed by atoms with E-state index in [1.54, 1.807) is 0 Å². The predicted molar refractivity (Wildman–Crippen MR) is 88.4 cm³/mol. The smallest absolute Gasteiger partial charge is 0.0726 e. The molecule has 0 aliphatic carbocycles. The van der Waals surface area contributed by atoms with Crippen molar-refractivity contribution in [2.24, 2.45) is 0 Å². The number of fused-ring (bicyclic) bond motifs is 3. The average Bonchev–Trinajstić information content (AvgIpc) is 2.93. The van der Waals surface area contributed by atoms with E-state index in [0.29, 0.717) is 0 Å². The number of anilines is 2. The lowest BCUT2D eigenvalue weighted by Gasteiger charge is -2.23. The van der Waals surface area contributed by atoms with Crippen LogP contribution >= 0.6 is 0 Å². The van der Waals surface area contributed by atoms with Gasteiger partial charge in [0.15, 0.2) is 0 Å². The molecule has 0 atom stereocenters. The quantitative estimate of drug-likeness (QED) is 0.647. The maximum Gasteiger partial charge on any atom is 0.0726 e. The SMILES string of the molecule is Cc1ccccc1N1CCc2c(C)nc3ccccc3c21. The number of para-hydroxylation sites is 2. The van der Waals surface area contributed by atoms with Gasteiger partial charge in [0.25, 0.3) is 0 Å². The summed E-state index contributed by atoms with van der Waals surface area (Å²) >= 11 is 0. The van der Waals surface area contributed by atoms with Crippen LogP contribution in [0.5, 0.6) is 0 Å². The van der Waals surface area contributed by atoms with Gasteiger partial charge in [-0.1, -0.05) is 36.4 Å². The minimum Gasteiger partial charge on any atom is -0.340 e. The Morgan fingerprint density at radius 1 is 0.952 bits per heavy atom. The summed E-state index contributed by atoms with van der Waals surface area (Å²) in [5.74, 6) is 0. The van der Waals surface area contributed by atoms with Gasteiger partial charge in [0.05, 0.1) is 11.2 Å². The van der Waals surface area contributed by atoms with Gasteiger partial charge in [-0.15, -0.1) is 0 Å². The summed E-state index contributed by atoms with van der Waals surface area (Å²) in [6, 6.07) is 17.1. The first-order chi connectivity index (χ1) is 10.3. The fourth-order valence-electron chi connectivity index (χ4n) is 3.40. The van der Waals surface area contributed by atoms with Crippen molar-refractivity contribution in [1.82, 2.24) is 4.98 Å². The molecule has 0 spiro atoms. The van der Waals surface area contributed by atoms with Crippen molar-refractivity contribution in [3.63, 3.8) is 0 Å². The Hall–Kier alpha value is -2.35. The summed E-state index contributed by atoms with van der Waals surface area (Å²) in [6.07, 6.45) is 1.08. The number of aryl methyl sites for hydroxylation is 2. The van der Waals surface area contributed by atoms with Crippen LogP contribution in [0.25, 0.3) is 10.9 Å². The van der Waals surface area contributed by atoms with E-state index in [4.69, 9.17) is 4.98 Å². The fourth-order valence-corrected chi connectivity index (χ4v) is 3.40. The zero-order chi connectivity index (χ0) is 14.4. The molecule has 2 nitrogen and oxygen atoms in total. The number of rotatable bonds is 1. The van der Waals surface area contributed by atoms with E-state index in [2.05, 4.69) is 67.3 Å². The number of benzene rings is 2. The van der Waals surface area contributed by atoms with E-state index in [1.165, 1.54) is 33.6 Å². The summed E-state index contributed by atoms with van der Waals surface area (Å²) in [6.45, 7) is 5.35. The second kappa shape index (κ2) is 4.59. The van der Waals surface area contributed by atoms with Crippen molar-refractivity contribution in [1.29, 1.82) is 0 Å². The lowest BCUT2D eigenvalue weighted by molar-refractivity contribution is 0.985. The molecule has 1 aliphatic heterocycles. The van der Waals surface area contributed by atoms with Crippen LogP contribution in [-0.4, -0.2) is 11.5 Å². The highest BCUT2D eigenvalue weighted by Crippen LogP contribution is 2.41. The van der Waals surface area contributed by atoms with Crippen LogP contribution in [0.1, 0.15) is 16.8 Å². The third-order valence-electron chi connectivity index (χ3n) is 4.43. The van der Waals surface area contributed by atoms with Crippen LogP contribution in [0.3, 0.4) is 0 Å². The van der Waals surface area contributed by atoms with Gasteiger partial charge in [-0.05, 0) is 43.5 Å². The topological polar surface area (TPSA) is 16.1 Å². The Labute approximate surface area is 125 Å². The monoisotopic (exact) mass is 274 g/mol. The number of hydrogen-bond donors (Lipinski definition) is 0. The Bertz CT molecular complexity index is 836. The summed E-state index contributed by atoms with van der Waals surface area (Å²) in [4.78, 5) is 7.23. The van der Waals surface area contributed by atoms with E-state index < -0.39 is 0 Å². The molecule has 0 unspecified atom stereocenters. The summed E-state index contributed by atoms with van der Waals surface area (Å²) in [5.41, 5.74) is 7.65. The standard InChI is InChI=1S/C19H18N2/c1-13-7-3-6-10-18(13)21-12-11-15-14(2)20-17-9-5-4-8-16(17)19(15)21/h3-10H,11-12H2,1-2H3.